The van der Waals surface area contributed by atoms with Crippen molar-refractivity contribution in [3.05, 3.63) is 23.9 Å². The van der Waals surface area contributed by atoms with Crippen LogP contribution in [0.2, 0.25) is 0 Å². The largest absolute Gasteiger partial charge is 0.384 e. The van der Waals surface area contributed by atoms with E-state index >= 15 is 0 Å². The number of nitrogens with zero attached hydrogens (tertiary/aromatic N) is 3. The standard InChI is InChI=1S/C13H20N4/c1-16-6-11-8-17(9-12(11)7-16)5-10-2-3-13(14)15-4-10/h2-4,11-12H,5-9H2,1H3,(H2,14,15). The number of pyridine rings is 1. The molecule has 4 nitrogen and oxygen atoms in total. The Morgan fingerprint density at radius 1 is 1.24 bits per heavy atom. The summed E-state index contributed by atoms with van der Waals surface area (Å²) in [5.74, 6) is 2.36. The zero-order valence-electron chi connectivity index (χ0n) is 10.3. The zero-order valence-corrected chi connectivity index (χ0v) is 10.3. The van der Waals surface area contributed by atoms with Gasteiger partial charge in [0.25, 0.3) is 0 Å². The Balaban J connectivity index is 1.60. The van der Waals surface area contributed by atoms with Gasteiger partial charge in [-0.3, -0.25) is 4.90 Å². The second-order valence-corrected chi connectivity index (χ2v) is 5.53. The quantitative estimate of drug-likeness (QED) is 0.813. The lowest BCUT2D eigenvalue weighted by Crippen LogP contribution is -2.26. The highest BCUT2D eigenvalue weighted by atomic mass is 15.2. The first-order chi connectivity index (χ1) is 8.20. The Labute approximate surface area is 102 Å². The SMILES string of the molecule is CN1CC2CN(Cc3ccc(N)nc3)CC2C1. The van der Waals surface area contributed by atoms with Gasteiger partial charge in [0.2, 0.25) is 0 Å². The van der Waals surface area contributed by atoms with E-state index in [0.29, 0.717) is 5.82 Å². The molecule has 0 aliphatic carbocycles. The predicted molar refractivity (Wildman–Crippen MR) is 68.4 cm³/mol. The van der Waals surface area contributed by atoms with Gasteiger partial charge in [-0.25, -0.2) is 4.98 Å². The fraction of sp³-hybridized carbons (Fsp3) is 0.615. The third kappa shape index (κ3) is 2.28. The summed E-state index contributed by atoms with van der Waals surface area (Å²) in [5.41, 5.74) is 6.87. The topological polar surface area (TPSA) is 45.4 Å². The summed E-state index contributed by atoms with van der Waals surface area (Å²) < 4.78 is 0. The molecule has 2 N–H and O–H groups in total. The number of anilines is 1. The third-order valence-electron chi connectivity index (χ3n) is 4.00. The summed E-state index contributed by atoms with van der Waals surface area (Å²) in [4.78, 5) is 9.16. The van der Waals surface area contributed by atoms with Crippen LogP contribution in [0, 0.1) is 11.8 Å². The molecular weight excluding hydrogens is 212 g/mol. The fourth-order valence-corrected chi connectivity index (χ4v) is 3.24. The van der Waals surface area contributed by atoms with Gasteiger partial charge in [-0.15, -0.1) is 0 Å². The monoisotopic (exact) mass is 232 g/mol. The van der Waals surface area contributed by atoms with E-state index in [1.54, 1.807) is 0 Å². The molecule has 92 valence electrons. The smallest absolute Gasteiger partial charge is 0.123 e. The molecule has 2 aliphatic rings. The molecule has 2 saturated heterocycles. The van der Waals surface area contributed by atoms with Crippen molar-refractivity contribution < 1.29 is 0 Å². The third-order valence-corrected chi connectivity index (χ3v) is 4.00. The maximum absolute atomic E-state index is 5.59. The molecule has 2 atom stereocenters. The zero-order chi connectivity index (χ0) is 11.8. The van der Waals surface area contributed by atoms with Gasteiger partial charge in [0.05, 0.1) is 0 Å². The summed E-state index contributed by atoms with van der Waals surface area (Å²) in [6, 6.07) is 3.97. The van der Waals surface area contributed by atoms with Crippen LogP contribution in [0.4, 0.5) is 5.82 Å². The van der Waals surface area contributed by atoms with Gasteiger partial charge in [0.1, 0.15) is 5.82 Å². The molecule has 1 aromatic heterocycles. The average Bonchev–Trinajstić information content (AvgIpc) is 2.78. The number of hydrogen-bond donors (Lipinski definition) is 1. The van der Waals surface area contributed by atoms with E-state index in [1.165, 1.54) is 31.7 Å². The van der Waals surface area contributed by atoms with E-state index in [4.69, 9.17) is 5.73 Å². The molecule has 2 unspecified atom stereocenters. The summed E-state index contributed by atoms with van der Waals surface area (Å²) in [6.45, 7) is 6.02. The highest BCUT2D eigenvalue weighted by Crippen LogP contribution is 2.30. The summed E-state index contributed by atoms with van der Waals surface area (Å²) >= 11 is 0. The van der Waals surface area contributed by atoms with Crippen molar-refractivity contribution in [1.29, 1.82) is 0 Å². The van der Waals surface area contributed by atoms with Crippen LogP contribution in [0.25, 0.3) is 0 Å². The van der Waals surface area contributed by atoms with Gasteiger partial charge >= 0.3 is 0 Å². The maximum atomic E-state index is 5.59. The van der Waals surface area contributed by atoms with Crippen molar-refractivity contribution in [1.82, 2.24) is 14.8 Å². The molecule has 0 aromatic carbocycles. The van der Waals surface area contributed by atoms with E-state index in [1.807, 2.05) is 12.3 Å². The molecule has 2 aliphatic heterocycles. The minimum Gasteiger partial charge on any atom is -0.384 e. The second kappa shape index (κ2) is 4.27. The Morgan fingerprint density at radius 3 is 2.53 bits per heavy atom. The number of nitrogen functional groups attached to an aromatic ring is 1. The minimum atomic E-state index is 0.605. The van der Waals surface area contributed by atoms with Crippen molar-refractivity contribution in [3.8, 4) is 0 Å². The number of nitrogens with two attached hydrogens (primary N) is 1. The molecule has 0 saturated carbocycles. The van der Waals surface area contributed by atoms with E-state index < -0.39 is 0 Å². The number of likely N-dealkylation sites (tertiary alicyclic amines) is 2. The highest BCUT2D eigenvalue weighted by molar-refractivity contribution is 5.29. The molecule has 17 heavy (non-hydrogen) atoms. The van der Waals surface area contributed by atoms with Crippen LogP contribution in [-0.4, -0.2) is 48.0 Å². The van der Waals surface area contributed by atoms with E-state index in [2.05, 4.69) is 27.9 Å². The lowest BCUT2D eigenvalue weighted by molar-refractivity contribution is 0.272. The van der Waals surface area contributed by atoms with Crippen molar-refractivity contribution in [2.75, 3.05) is 39.0 Å². The van der Waals surface area contributed by atoms with Crippen LogP contribution in [0.15, 0.2) is 18.3 Å². The number of rotatable bonds is 2. The Kier molecular flexibility index (Phi) is 2.76. The van der Waals surface area contributed by atoms with Gasteiger partial charge in [0, 0.05) is 38.9 Å². The van der Waals surface area contributed by atoms with Crippen LogP contribution in [0.3, 0.4) is 0 Å². The minimum absolute atomic E-state index is 0.605. The van der Waals surface area contributed by atoms with E-state index in [0.717, 1.165) is 18.4 Å². The van der Waals surface area contributed by atoms with Gasteiger partial charge in [-0.2, -0.15) is 0 Å². The second-order valence-electron chi connectivity index (χ2n) is 5.53. The highest BCUT2D eigenvalue weighted by Gasteiger charge is 2.38. The van der Waals surface area contributed by atoms with Crippen molar-refractivity contribution in [2.24, 2.45) is 11.8 Å². The van der Waals surface area contributed by atoms with E-state index in [9.17, 15) is 0 Å². The lowest BCUT2D eigenvalue weighted by Gasteiger charge is -2.18. The van der Waals surface area contributed by atoms with Crippen LogP contribution in [-0.2, 0) is 6.54 Å². The van der Waals surface area contributed by atoms with E-state index in [-0.39, 0.29) is 0 Å². The molecule has 3 rings (SSSR count). The van der Waals surface area contributed by atoms with Crippen LogP contribution in [0.5, 0.6) is 0 Å². The molecule has 2 fully saturated rings. The first-order valence-electron chi connectivity index (χ1n) is 6.32. The molecular formula is C13H20N4. The average molecular weight is 232 g/mol. The summed E-state index contributed by atoms with van der Waals surface area (Å²) in [5, 5.41) is 0. The molecule has 0 radical (unpaired) electrons. The Bertz CT molecular complexity index is 375. The Hall–Kier alpha value is -1.13. The first kappa shape index (κ1) is 11.0. The van der Waals surface area contributed by atoms with Crippen LogP contribution < -0.4 is 5.73 Å². The van der Waals surface area contributed by atoms with Crippen LogP contribution in [0.1, 0.15) is 5.56 Å². The first-order valence-corrected chi connectivity index (χ1v) is 6.32. The molecule has 4 heteroatoms. The molecule has 0 spiro atoms. The van der Waals surface area contributed by atoms with Gasteiger partial charge in [0.15, 0.2) is 0 Å². The van der Waals surface area contributed by atoms with Crippen molar-refractivity contribution >= 4 is 5.82 Å². The van der Waals surface area contributed by atoms with Crippen molar-refractivity contribution in [3.63, 3.8) is 0 Å². The number of aromatic nitrogens is 1. The van der Waals surface area contributed by atoms with Crippen LogP contribution >= 0.6 is 0 Å². The Morgan fingerprint density at radius 2 is 1.94 bits per heavy atom. The molecule has 3 heterocycles. The molecule has 0 amide bonds. The van der Waals surface area contributed by atoms with Gasteiger partial charge in [-0.05, 0) is 30.5 Å². The summed E-state index contributed by atoms with van der Waals surface area (Å²) in [6.07, 6.45) is 1.90. The molecule has 1 aromatic rings. The lowest BCUT2D eigenvalue weighted by atomic mass is 10.0. The maximum Gasteiger partial charge on any atom is 0.123 e. The number of fused-ring (bicyclic) bond motifs is 1. The number of hydrogen-bond acceptors (Lipinski definition) is 4. The fourth-order valence-electron chi connectivity index (χ4n) is 3.24. The van der Waals surface area contributed by atoms with Gasteiger partial charge < -0.3 is 10.6 Å². The summed E-state index contributed by atoms with van der Waals surface area (Å²) in [7, 11) is 2.23. The van der Waals surface area contributed by atoms with Crippen molar-refractivity contribution in [2.45, 2.75) is 6.54 Å². The predicted octanol–water partition coefficient (Wildman–Crippen LogP) is 0.657. The van der Waals surface area contributed by atoms with Gasteiger partial charge in [-0.1, -0.05) is 6.07 Å². The molecule has 0 bridgehead atoms. The normalized spacial score (nSPS) is 29.7.